The number of amides is 3. The molecule has 1 heterocycles. The van der Waals surface area contributed by atoms with Gasteiger partial charge >= 0.3 is 6.03 Å². The molecule has 0 spiro atoms. The predicted molar refractivity (Wildman–Crippen MR) is 89.2 cm³/mol. The molecular formula is C17H25N3O3. The lowest BCUT2D eigenvalue weighted by Gasteiger charge is -2.37. The Labute approximate surface area is 137 Å². The molecule has 23 heavy (non-hydrogen) atoms. The molecule has 1 aromatic carbocycles. The van der Waals surface area contributed by atoms with Crippen molar-refractivity contribution in [2.24, 2.45) is 5.92 Å². The van der Waals surface area contributed by atoms with Gasteiger partial charge < -0.3 is 20.3 Å². The summed E-state index contributed by atoms with van der Waals surface area (Å²) in [6, 6.07) is 9.32. The molecule has 3 amide bonds. The normalized spacial score (nSPS) is 20.9. The van der Waals surface area contributed by atoms with E-state index in [4.69, 9.17) is 4.74 Å². The van der Waals surface area contributed by atoms with Gasteiger partial charge in [0.1, 0.15) is 0 Å². The van der Waals surface area contributed by atoms with E-state index in [0.29, 0.717) is 19.7 Å². The van der Waals surface area contributed by atoms with Gasteiger partial charge in [0.25, 0.3) is 0 Å². The van der Waals surface area contributed by atoms with Crippen LogP contribution in [0.4, 0.5) is 10.5 Å². The fourth-order valence-electron chi connectivity index (χ4n) is 2.74. The van der Waals surface area contributed by atoms with Crippen LogP contribution in [0.3, 0.4) is 0 Å². The Kier molecular flexibility index (Phi) is 6.40. The highest BCUT2D eigenvalue weighted by atomic mass is 16.5. The zero-order chi connectivity index (χ0) is 16.7. The number of rotatable bonds is 5. The number of piperidine rings is 1. The second-order valence-corrected chi connectivity index (χ2v) is 5.86. The molecule has 1 aromatic rings. The molecule has 1 saturated heterocycles. The van der Waals surface area contributed by atoms with Crippen LogP contribution in [0, 0.1) is 5.92 Å². The van der Waals surface area contributed by atoms with Crippen molar-refractivity contribution in [1.29, 1.82) is 0 Å². The lowest BCUT2D eigenvalue weighted by atomic mass is 9.93. The summed E-state index contributed by atoms with van der Waals surface area (Å²) in [6.07, 6.45) is 1.62. The summed E-state index contributed by atoms with van der Waals surface area (Å²) in [6.45, 7) is 3.45. The highest BCUT2D eigenvalue weighted by Crippen LogP contribution is 2.23. The number of hydrogen-bond acceptors (Lipinski definition) is 3. The lowest BCUT2D eigenvalue weighted by Crippen LogP contribution is -2.51. The number of nitrogens with one attached hydrogen (secondary N) is 2. The number of carbonyl (C=O) groups is 2. The molecule has 2 rings (SSSR count). The highest BCUT2D eigenvalue weighted by Gasteiger charge is 2.32. The second-order valence-electron chi connectivity index (χ2n) is 5.86. The third kappa shape index (κ3) is 4.96. The SMILES string of the molecule is COCCNC(=O)C1CCC(C)N(C(=O)Nc2ccccc2)C1. The van der Waals surface area contributed by atoms with Crippen LogP contribution in [0.15, 0.2) is 30.3 Å². The minimum atomic E-state index is -0.162. The van der Waals surface area contributed by atoms with E-state index in [1.807, 2.05) is 37.3 Å². The Bertz CT molecular complexity index is 521. The molecule has 2 unspecified atom stereocenters. The molecule has 6 nitrogen and oxygen atoms in total. The molecule has 1 fully saturated rings. The Morgan fingerprint density at radius 3 is 2.70 bits per heavy atom. The summed E-state index contributed by atoms with van der Waals surface area (Å²) in [4.78, 5) is 26.4. The molecule has 0 saturated carbocycles. The number of urea groups is 1. The Hall–Kier alpha value is -2.08. The standard InChI is InChI=1S/C17H25N3O3/c1-13-8-9-14(16(21)18-10-11-23-2)12-20(13)17(22)19-15-6-4-3-5-7-15/h3-7,13-14H,8-12H2,1-2H3,(H,18,21)(H,19,22). The monoisotopic (exact) mass is 319 g/mol. The number of nitrogens with zero attached hydrogens (tertiary/aromatic N) is 1. The van der Waals surface area contributed by atoms with Crippen LogP contribution in [0.1, 0.15) is 19.8 Å². The van der Waals surface area contributed by atoms with Gasteiger partial charge in [0, 0.05) is 31.9 Å². The number of likely N-dealkylation sites (tertiary alicyclic amines) is 1. The molecule has 2 N–H and O–H groups in total. The van der Waals surface area contributed by atoms with Crippen molar-refractivity contribution >= 4 is 17.6 Å². The van der Waals surface area contributed by atoms with Gasteiger partial charge in [-0.15, -0.1) is 0 Å². The van der Waals surface area contributed by atoms with E-state index in [9.17, 15) is 9.59 Å². The van der Waals surface area contributed by atoms with Crippen LogP contribution >= 0.6 is 0 Å². The summed E-state index contributed by atoms with van der Waals surface area (Å²) >= 11 is 0. The number of ether oxygens (including phenoxy) is 1. The first-order valence-electron chi connectivity index (χ1n) is 8.01. The van der Waals surface area contributed by atoms with Gasteiger partial charge in [-0.25, -0.2) is 4.79 Å². The Balaban J connectivity index is 1.92. The van der Waals surface area contributed by atoms with Crippen molar-refractivity contribution in [3.63, 3.8) is 0 Å². The summed E-state index contributed by atoms with van der Waals surface area (Å²) in [5.74, 6) is -0.170. The molecule has 126 valence electrons. The fraction of sp³-hybridized carbons (Fsp3) is 0.529. The average molecular weight is 319 g/mol. The van der Waals surface area contributed by atoms with Gasteiger partial charge in [-0.1, -0.05) is 18.2 Å². The van der Waals surface area contributed by atoms with Crippen LogP contribution in [0.2, 0.25) is 0 Å². The zero-order valence-electron chi connectivity index (χ0n) is 13.7. The topological polar surface area (TPSA) is 70.7 Å². The maximum Gasteiger partial charge on any atom is 0.322 e. The Morgan fingerprint density at radius 1 is 1.26 bits per heavy atom. The summed E-state index contributed by atoms with van der Waals surface area (Å²) < 4.78 is 4.93. The first kappa shape index (κ1) is 17.3. The number of anilines is 1. The van der Waals surface area contributed by atoms with Crippen LogP contribution in [0.5, 0.6) is 0 Å². The molecule has 0 bridgehead atoms. The number of para-hydroxylation sites is 1. The van der Waals surface area contributed by atoms with Gasteiger partial charge in [0.15, 0.2) is 0 Å². The average Bonchev–Trinajstić information content (AvgIpc) is 2.56. The number of carbonyl (C=O) groups excluding carboxylic acids is 2. The van der Waals surface area contributed by atoms with E-state index < -0.39 is 0 Å². The maximum absolute atomic E-state index is 12.5. The molecule has 0 radical (unpaired) electrons. The number of methoxy groups -OCH3 is 1. The number of hydrogen-bond donors (Lipinski definition) is 2. The van der Waals surface area contributed by atoms with Gasteiger partial charge in [-0.05, 0) is 31.9 Å². The van der Waals surface area contributed by atoms with Crippen molar-refractivity contribution < 1.29 is 14.3 Å². The molecule has 0 aromatic heterocycles. The predicted octanol–water partition coefficient (Wildman–Crippen LogP) is 2.08. The lowest BCUT2D eigenvalue weighted by molar-refractivity contribution is -0.126. The van der Waals surface area contributed by atoms with E-state index in [0.717, 1.165) is 18.5 Å². The van der Waals surface area contributed by atoms with Crippen molar-refractivity contribution in [2.45, 2.75) is 25.8 Å². The van der Waals surface area contributed by atoms with Gasteiger partial charge in [0.05, 0.1) is 12.5 Å². The summed E-state index contributed by atoms with van der Waals surface area (Å²) in [5.41, 5.74) is 0.761. The molecule has 2 atom stereocenters. The quantitative estimate of drug-likeness (QED) is 0.816. The molecular weight excluding hydrogens is 294 g/mol. The van der Waals surface area contributed by atoms with Gasteiger partial charge in [-0.3, -0.25) is 4.79 Å². The van der Waals surface area contributed by atoms with Crippen molar-refractivity contribution in [2.75, 3.05) is 32.1 Å². The van der Waals surface area contributed by atoms with Crippen LogP contribution in [0.25, 0.3) is 0 Å². The largest absolute Gasteiger partial charge is 0.383 e. The van der Waals surface area contributed by atoms with Crippen molar-refractivity contribution in [3.8, 4) is 0 Å². The molecule has 6 heteroatoms. The van der Waals surface area contributed by atoms with E-state index in [-0.39, 0.29) is 23.9 Å². The van der Waals surface area contributed by atoms with E-state index in [1.54, 1.807) is 12.0 Å². The minimum absolute atomic E-state index is 0.00791. The first-order valence-corrected chi connectivity index (χ1v) is 8.01. The summed E-state index contributed by atoms with van der Waals surface area (Å²) in [7, 11) is 1.60. The van der Waals surface area contributed by atoms with Crippen molar-refractivity contribution in [1.82, 2.24) is 10.2 Å². The smallest absolute Gasteiger partial charge is 0.322 e. The second kappa shape index (κ2) is 8.53. The van der Waals surface area contributed by atoms with E-state index >= 15 is 0 Å². The molecule has 0 aliphatic carbocycles. The molecule has 1 aliphatic rings. The van der Waals surface area contributed by atoms with Crippen LogP contribution in [-0.2, 0) is 9.53 Å². The van der Waals surface area contributed by atoms with Gasteiger partial charge in [-0.2, -0.15) is 0 Å². The van der Waals surface area contributed by atoms with E-state index in [2.05, 4.69) is 10.6 Å². The third-order valence-corrected chi connectivity index (χ3v) is 4.14. The first-order chi connectivity index (χ1) is 11.1. The zero-order valence-corrected chi connectivity index (χ0v) is 13.7. The fourth-order valence-corrected chi connectivity index (χ4v) is 2.74. The molecule has 1 aliphatic heterocycles. The van der Waals surface area contributed by atoms with Gasteiger partial charge in [0.2, 0.25) is 5.91 Å². The number of benzene rings is 1. The van der Waals surface area contributed by atoms with Crippen LogP contribution in [-0.4, -0.2) is 49.7 Å². The summed E-state index contributed by atoms with van der Waals surface area (Å²) in [5, 5.41) is 5.74. The third-order valence-electron chi connectivity index (χ3n) is 4.14. The maximum atomic E-state index is 12.5. The minimum Gasteiger partial charge on any atom is -0.383 e. The van der Waals surface area contributed by atoms with E-state index in [1.165, 1.54) is 0 Å². The van der Waals surface area contributed by atoms with Crippen molar-refractivity contribution in [3.05, 3.63) is 30.3 Å². The Morgan fingerprint density at radius 2 is 2.00 bits per heavy atom. The van der Waals surface area contributed by atoms with Crippen LogP contribution < -0.4 is 10.6 Å². The highest BCUT2D eigenvalue weighted by molar-refractivity contribution is 5.90.